The van der Waals surface area contributed by atoms with Crippen LogP contribution in [0.5, 0.6) is 5.75 Å². The molecule has 2 heterocycles. The summed E-state index contributed by atoms with van der Waals surface area (Å²) in [7, 11) is 0. The number of hydrogen-bond donors (Lipinski definition) is 2. The molecule has 2 saturated heterocycles. The molecule has 160 valence electrons. The molecule has 4 rings (SSSR count). The molecule has 6 nitrogen and oxygen atoms in total. The number of urea groups is 1. The third-order valence-electron chi connectivity index (χ3n) is 6.08. The molecule has 0 saturated carbocycles. The Balaban J connectivity index is 1.21. The lowest BCUT2D eigenvalue weighted by molar-refractivity contribution is 0.194. The molecule has 2 N–H and O–H groups in total. The van der Waals surface area contributed by atoms with Crippen LogP contribution < -0.4 is 10.2 Å². The summed E-state index contributed by atoms with van der Waals surface area (Å²) < 4.78 is 0. The number of carbonyl (C=O) groups excluding carboxylic acids is 1. The average Bonchev–Trinajstić information content (AvgIpc) is 2.79. The highest BCUT2D eigenvalue weighted by Gasteiger charge is 2.21. The van der Waals surface area contributed by atoms with E-state index in [1.807, 2.05) is 17.0 Å². The van der Waals surface area contributed by atoms with Crippen molar-refractivity contribution in [1.82, 2.24) is 15.1 Å². The molecule has 2 aromatic carbocycles. The first kappa shape index (κ1) is 20.5. The minimum atomic E-state index is -0.0112. The number of nitrogens with one attached hydrogen (secondary N) is 1. The van der Waals surface area contributed by atoms with E-state index in [0.29, 0.717) is 19.6 Å². The monoisotopic (exact) mass is 408 g/mol. The van der Waals surface area contributed by atoms with E-state index >= 15 is 0 Å². The Kier molecular flexibility index (Phi) is 6.74. The number of piperazine rings is 1. The molecule has 0 bridgehead atoms. The van der Waals surface area contributed by atoms with Crippen molar-refractivity contribution in [1.29, 1.82) is 0 Å². The van der Waals surface area contributed by atoms with Crippen LogP contribution in [-0.2, 0) is 13.1 Å². The Morgan fingerprint density at radius 3 is 2.27 bits per heavy atom. The Hall–Kier alpha value is -2.73. The van der Waals surface area contributed by atoms with Crippen molar-refractivity contribution in [3.05, 3.63) is 59.7 Å². The van der Waals surface area contributed by atoms with Crippen molar-refractivity contribution in [2.45, 2.75) is 32.4 Å². The van der Waals surface area contributed by atoms with E-state index in [9.17, 15) is 9.90 Å². The van der Waals surface area contributed by atoms with Crippen molar-refractivity contribution in [3.8, 4) is 5.75 Å². The second kappa shape index (κ2) is 9.85. The summed E-state index contributed by atoms with van der Waals surface area (Å²) in [5.74, 6) is 0.273. The normalized spacial score (nSPS) is 17.7. The number of aromatic hydroxyl groups is 1. The summed E-state index contributed by atoms with van der Waals surface area (Å²) in [6.07, 6.45) is 3.98. The SMILES string of the molecule is O=C(NCc1ccc(CN2CCCCC2)cc1)N1CCN(c2cccc(O)c2)CC1. The van der Waals surface area contributed by atoms with Gasteiger partial charge in [0.25, 0.3) is 0 Å². The van der Waals surface area contributed by atoms with Crippen LogP contribution in [0.15, 0.2) is 48.5 Å². The number of phenolic OH excluding ortho intramolecular Hbond substituents is 1. The molecule has 2 aliphatic heterocycles. The van der Waals surface area contributed by atoms with Crippen LogP contribution >= 0.6 is 0 Å². The van der Waals surface area contributed by atoms with Gasteiger partial charge in [-0.2, -0.15) is 0 Å². The van der Waals surface area contributed by atoms with Gasteiger partial charge in [0.1, 0.15) is 5.75 Å². The fourth-order valence-corrected chi connectivity index (χ4v) is 4.29. The lowest BCUT2D eigenvalue weighted by Gasteiger charge is -2.36. The number of hydrogen-bond acceptors (Lipinski definition) is 4. The molecule has 0 unspecified atom stereocenters. The first-order valence-corrected chi connectivity index (χ1v) is 11.0. The maximum absolute atomic E-state index is 12.5. The van der Waals surface area contributed by atoms with Crippen LogP contribution in [0.25, 0.3) is 0 Å². The first-order valence-electron chi connectivity index (χ1n) is 11.0. The largest absolute Gasteiger partial charge is 0.508 e. The smallest absolute Gasteiger partial charge is 0.317 e. The van der Waals surface area contributed by atoms with E-state index in [4.69, 9.17) is 0 Å². The molecule has 2 amide bonds. The van der Waals surface area contributed by atoms with Crippen molar-refractivity contribution in [2.24, 2.45) is 0 Å². The van der Waals surface area contributed by atoms with Gasteiger partial charge in [0.05, 0.1) is 0 Å². The predicted molar refractivity (Wildman–Crippen MR) is 120 cm³/mol. The number of rotatable bonds is 5. The van der Waals surface area contributed by atoms with Gasteiger partial charge in [0, 0.05) is 51.0 Å². The van der Waals surface area contributed by atoms with Crippen molar-refractivity contribution in [2.75, 3.05) is 44.2 Å². The topological polar surface area (TPSA) is 59.1 Å². The zero-order valence-electron chi connectivity index (χ0n) is 17.6. The summed E-state index contributed by atoms with van der Waals surface area (Å²) >= 11 is 0. The molecule has 2 aliphatic rings. The third kappa shape index (κ3) is 5.45. The molecular weight excluding hydrogens is 376 g/mol. The standard InChI is InChI=1S/C24H32N4O2/c29-23-6-4-5-22(17-23)27-13-15-28(16-14-27)24(30)25-18-20-7-9-21(10-8-20)19-26-11-2-1-3-12-26/h4-10,17,29H,1-3,11-16,18-19H2,(H,25,30). The Labute approximate surface area is 179 Å². The van der Waals surface area contributed by atoms with E-state index in [2.05, 4.69) is 39.4 Å². The summed E-state index contributed by atoms with van der Waals surface area (Å²) in [6.45, 7) is 6.87. The van der Waals surface area contributed by atoms with Gasteiger partial charge in [-0.25, -0.2) is 4.79 Å². The molecule has 6 heteroatoms. The quantitative estimate of drug-likeness (QED) is 0.796. The molecular formula is C24H32N4O2. The maximum atomic E-state index is 12.5. The van der Waals surface area contributed by atoms with Gasteiger partial charge in [0.2, 0.25) is 0 Å². The highest BCUT2D eigenvalue weighted by atomic mass is 16.3. The lowest BCUT2D eigenvalue weighted by Crippen LogP contribution is -2.51. The fourth-order valence-electron chi connectivity index (χ4n) is 4.29. The molecule has 2 fully saturated rings. The van der Waals surface area contributed by atoms with Crippen LogP contribution in [0, 0.1) is 0 Å². The summed E-state index contributed by atoms with van der Waals surface area (Å²) in [4.78, 5) is 19.1. The third-order valence-corrected chi connectivity index (χ3v) is 6.08. The van der Waals surface area contributed by atoms with Crippen LogP contribution in [0.3, 0.4) is 0 Å². The fraction of sp³-hybridized carbons (Fsp3) is 0.458. The van der Waals surface area contributed by atoms with Gasteiger partial charge in [-0.05, 0) is 49.2 Å². The molecule has 0 radical (unpaired) electrons. The number of piperidine rings is 1. The molecule has 2 aromatic rings. The molecule has 0 aromatic heterocycles. The van der Waals surface area contributed by atoms with Gasteiger partial charge in [0.15, 0.2) is 0 Å². The number of phenols is 1. The Bertz CT molecular complexity index is 825. The van der Waals surface area contributed by atoms with Gasteiger partial charge < -0.3 is 20.2 Å². The number of amides is 2. The number of anilines is 1. The van der Waals surface area contributed by atoms with Gasteiger partial charge in [-0.1, -0.05) is 36.8 Å². The van der Waals surface area contributed by atoms with Crippen LogP contribution in [0.4, 0.5) is 10.5 Å². The molecule has 0 spiro atoms. The zero-order chi connectivity index (χ0) is 20.8. The van der Waals surface area contributed by atoms with E-state index in [1.165, 1.54) is 37.9 Å². The van der Waals surface area contributed by atoms with E-state index in [0.717, 1.165) is 30.9 Å². The zero-order valence-corrected chi connectivity index (χ0v) is 17.6. The minimum Gasteiger partial charge on any atom is -0.508 e. The first-order chi connectivity index (χ1) is 14.7. The number of likely N-dealkylation sites (tertiary alicyclic amines) is 1. The van der Waals surface area contributed by atoms with E-state index in [-0.39, 0.29) is 11.8 Å². The molecule has 0 aliphatic carbocycles. The summed E-state index contributed by atoms with van der Waals surface area (Å²) in [5, 5.41) is 12.7. The van der Waals surface area contributed by atoms with E-state index in [1.54, 1.807) is 12.1 Å². The Morgan fingerprint density at radius 2 is 1.57 bits per heavy atom. The Morgan fingerprint density at radius 1 is 0.867 bits per heavy atom. The predicted octanol–water partition coefficient (Wildman–Crippen LogP) is 3.41. The second-order valence-corrected chi connectivity index (χ2v) is 8.31. The summed E-state index contributed by atoms with van der Waals surface area (Å²) in [5.41, 5.74) is 3.47. The van der Waals surface area contributed by atoms with Crippen LogP contribution in [-0.4, -0.2) is 60.2 Å². The maximum Gasteiger partial charge on any atom is 0.317 e. The lowest BCUT2D eigenvalue weighted by atomic mass is 10.1. The van der Waals surface area contributed by atoms with Crippen LogP contribution in [0.1, 0.15) is 30.4 Å². The number of benzene rings is 2. The average molecular weight is 409 g/mol. The van der Waals surface area contributed by atoms with Gasteiger partial charge in [-0.15, -0.1) is 0 Å². The van der Waals surface area contributed by atoms with Gasteiger partial charge in [-0.3, -0.25) is 4.90 Å². The van der Waals surface area contributed by atoms with Crippen molar-refractivity contribution in [3.63, 3.8) is 0 Å². The van der Waals surface area contributed by atoms with Crippen molar-refractivity contribution >= 4 is 11.7 Å². The highest BCUT2D eigenvalue weighted by molar-refractivity contribution is 5.74. The minimum absolute atomic E-state index is 0.0112. The number of carbonyl (C=O) groups is 1. The van der Waals surface area contributed by atoms with Crippen molar-refractivity contribution < 1.29 is 9.90 Å². The van der Waals surface area contributed by atoms with Crippen LogP contribution in [0.2, 0.25) is 0 Å². The molecule has 30 heavy (non-hydrogen) atoms. The highest BCUT2D eigenvalue weighted by Crippen LogP contribution is 2.21. The number of nitrogens with zero attached hydrogens (tertiary/aromatic N) is 3. The van der Waals surface area contributed by atoms with E-state index < -0.39 is 0 Å². The molecule has 0 atom stereocenters. The summed E-state index contributed by atoms with van der Waals surface area (Å²) in [6, 6.07) is 15.9. The van der Waals surface area contributed by atoms with Gasteiger partial charge >= 0.3 is 6.03 Å². The second-order valence-electron chi connectivity index (χ2n) is 8.31.